The molecule has 140 valence electrons. The fraction of sp³-hybridized carbons (Fsp3) is 0.316. The van der Waals surface area contributed by atoms with Gasteiger partial charge in [-0.15, -0.1) is 11.8 Å². The number of amides is 1. The van der Waals surface area contributed by atoms with Crippen LogP contribution in [0.25, 0.3) is 0 Å². The zero-order valence-corrected chi connectivity index (χ0v) is 17.2. The summed E-state index contributed by atoms with van der Waals surface area (Å²) < 4.78 is 10.5. The van der Waals surface area contributed by atoms with Gasteiger partial charge in [-0.2, -0.15) is 0 Å². The molecule has 0 heterocycles. The molecule has 4 nitrogen and oxygen atoms in total. The number of hydrogen-bond acceptors (Lipinski definition) is 4. The number of thioether (sulfide) groups is 1. The van der Waals surface area contributed by atoms with Gasteiger partial charge in [0.25, 0.3) is 0 Å². The van der Waals surface area contributed by atoms with Crippen molar-refractivity contribution in [3.05, 3.63) is 57.6 Å². The van der Waals surface area contributed by atoms with Crippen molar-refractivity contribution < 1.29 is 14.3 Å². The Balaban J connectivity index is 1.89. The second kappa shape index (κ2) is 9.95. The van der Waals surface area contributed by atoms with Gasteiger partial charge in [0, 0.05) is 15.8 Å². The molecule has 7 heteroatoms. The highest BCUT2D eigenvalue weighted by Crippen LogP contribution is 2.30. The van der Waals surface area contributed by atoms with Crippen molar-refractivity contribution in [2.24, 2.45) is 0 Å². The third-order valence-corrected chi connectivity index (χ3v) is 5.49. The van der Waals surface area contributed by atoms with E-state index in [9.17, 15) is 4.79 Å². The van der Waals surface area contributed by atoms with Crippen LogP contribution in [0.15, 0.2) is 36.4 Å². The number of ether oxygens (including phenoxy) is 2. The highest BCUT2D eigenvalue weighted by atomic mass is 35.5. The number of benzene rings is 2. The quantitative estimate of drug-likeness (QED) is 0.651. The van der Waals surface area contributed by atoms with Crippen molar-refractivity contribution in [1.82, 2.24) is 5.32 Å². The number of methoxy groups -OCH3 is 2. The van der Waals surface area contributed by atoms with Crippen LogP contribution in [0.2, 0.25) is 10.0 Å². The van der Waals surface area contributed by atoms with Crippen LogP contribution in [0.5, 0.6) is 11.5 Å². The van der Waals surface area contributed by atoms with E-state index in [0.717, 1.165) is 11.1 Å². The SMILES string of the molecule is COc1ccc([C@H](C)NC(=O)CSCc2c(Cl)cccc2Cl)cc1OC. The molecule has 0 saturated heterocycles. The van der Waals surface area contributed by atoms with Gasteiger partial charge in [0.15, 0.2) is 11.5 Å². The average Bonchev–Trinajstić information content (AvgIpc) is 2.63. The van der Waals surface area contributed by atoms with Crippen LogP contribution >= 0.6 is 35.0 Å². The highest BCUT2D eigenvalue weighted by molar-refractivity contribution is 7.99. The van der Waals surface area contributed by atoms with Gasteiger partial charge >= 0.3 is 0 Å². The number of rotatable bonds is 8. The van der Waals surface area contributed by atoms with Gasteiger partial charge in [0.05, 0.1) is 26.0 Å². The van der Waals surface area contributed by atoms with Gasteiger partial charge in [-0.3, -0.25) is 4.79 Å². The van der Waals surface area contributed by atoms with Crippen molar-refractivity contribution in [2.75, 3.05) is 20.0 Å². The van der Waals surface area contributed by atoms with Gasteiger partial charge < -0.3 is 14.8 Å². The van der Waals surface area contributed by atoms with Crippen molar-refractivity contribution in [1.29, 1.82) is 0 Å². The normalized spacial score (nSPS) is 11.7. The fourth-order valence-electron chi connectivity index (χ4n) is 2.40. The van der Waals surface area contributed by atoms with E-state index in [0.29, 0.717) is 33.0 Å². The molecule has 0 radical (unpaired) electrons. The lowest BCUT2D eigenvalue weighted by atomic mass is 10.1. The second-order valence-electron chi connectivity index (χ2n) is 5.60. The van der Waals surface area contributed by atoms with Gasteiger partial charge in [0.2, 0.25) is 5.91 Å². The maximum absolute atomic E-state index is 12.2. The molecule has 1 amide bonds. The summed E-state index contributed by atoms with van der Waals surface area (Å²) in [6, 6.07) is 10.8. The lowest BCUT2D eigenvalue weighted by Crippen LogP contribution is -2.28. The van der Waals surface area contributed by atoms with E-state index in [2.05, 4.69) is 5.32 Å². The summed E-state index contributed by atoms with van der Waals surface area (Å²) in [7, 11) is 3.17. The lowest BCUT2D eigenvalue weighted by Gasteiger charge is -2.16. The maximum Gasteiger partial charge on any atom is 0.230 e. The van der Waals surface area contributed by atoms with Crippen molar-refractivity contribution >= 4 is 40.9 Å². The van der Waals surface area contributed by atoms with Crippen LogP contribution in [0.4, 0.5) is 0 Å². The van der Waals surface area contributed by atoms with E-state index < -0.39 is 0 Å². The third kappa shape index (κ3) is 5.47. The van der Waals surface area contributed by atoms with Gasteiger partial charge in [-0.25, -0.2) is 0 Å². The smallest absolute Gasteiger partial charge is 0.230 e. The Morgan fingerprint density at radius 1 is 1.12 bits per heavy atom. The van der Waals surface area contributed by atoms with Crippen LogP contribution in [-0.4, -0.2) is 25.9 Å². The summed E-state index contributed by atoms with van der Waals surface area (Å²) in [5.41, 5.74) is 1.79. The number of hydrogen-bond donors (Lipinski definition) is 1. The molecule has 0 aliphatic heterocycles. The average molecular weight is 414 g/mol. The summed E-state index contributed by atoms with van der Waals surface area (Å²) in [6.45, 7) is 1.93. The summed E-state index contributed by atoms with van der Waals surface area (Å²) in [5, 5.41) is 4.21. The number of halogens is 2. The first-order chi connectivity index (χ1) is 12.5. The van der Waals surface area contributed by atoms with Gasteiger partial charge in [0.1, 0.15) is 0 Å². The minimum atomic E-state index is -0.146. The van der Waals surface area contributed by atoms with Gasteiger partial charge in [-0.1, -0.05) is 35.3 Å². The number of nitrogens with one attached hydrogen (secondary N) is 1. The Bertz CT molecular complexity index is 750. The predicted molar refractivity (Wildman–Crippen MR) is 109 cm³/mol. The van der Waals surface area contributed by atoms with Crippen molar-refractivity contribution in [3.63, 3.8) is 0 Å². The molecule has 0 aliphatic carbocycles. The minimum Gasteiger partial charge on any atom is -0.493 e. The van der Waals surface area contributed by atoms with Crippen LogP contribution in [0.1, 0.15) is 24.1 Å². The summed E-state index contributed by atoms with van der Waals surface area (Å²) in [6.07, 6.45) is 0. The maximum atomic E-state index is 12.2. The topological polar surface area (TPSA) is 47.6 Å². The number of carbonyl (C=O) groups excluding carboxylic acids is 1. The summed E-state index contributed by atoms with van der Waals surface area (Å²) in [5.74, 6) is 2.13. The second-order valence-corrected chi connectivity index (χ2v) is 7.40. The van der Waals surface area contributed by atoms with Crippen molar-refractivity contribution in [2.45, 2.75) is 18.7 Å². The Labute approximate surface area is 168 Å². The van der Waals surface area contributed by atoms with E-state index in [1.807, 2.05) is 25.1 Å². The first kappa shape index (κ1) is 20.7. The number of carbonyl (C=O) groups is 1. The molecule has 2 aromatic carbocycles. The minimum absolute atomic E-state index is 0.0551. The van der Waals surface area contributed by atoms with Crippen LogP contribution in [-0.2, 0) is 10.5 Å². The Hall–Kier alpha value is -1.56. The highest BCUT2D eigenvalue weighted by Gasteiger charge is 2.13. The molecular formula is C19H21Cl2NO3S. The summed E-state index contributed by atoms with van der Waals surface area (Å²) >= 11 is 13.8. The zero-order chi connectivity index (χ0) is 19.1. The first-order valence-electron chi connectivity index (χ1n) is 7.98. The molecule has 0 spiro atoms. The Morgan fingerprint density at radius 2 is 1.77 bits per heavy atom. The molecule has 0 aromatic heterocycles. The fourth-order valence-corrected chi connectivity index (χ4v) is 3.98. The molecule has 0 aliphatic rings. The Kier molecular flexibility index (Phi) is 7.94. The zero-order valence-electron chi connectivity index (χ0n) is 14.8. The monoisotopic (exact) mass is 413 g/mol. The molecule has 0 bridgehead atoms. The van der Waals surface area contributed by atoms with Crippen LogP contribution in [0, 0.1) is 0 Å². The van der Waals surface area contributed by atoms with Crippen molar-refractivity contribution in [3.8, 4) is 11.5 Å². The predicted octanol–water partition coefficient (Wildman–Crippen LogP) is 5.12. The van der Waals surface area contributed by atoms with E-state index in [1.165, 1.54) is 11.8 Å². The van der Waals surface area contributed by atoms with E-state index in [-0.39, 0.29) is 11.9 Å². The van der Waals surface area contributed by atoms with Crippen LogP contribution < -0.4 is 14.8 Å². The largest absolute Gasteiger partial charge is 0.493 e. The standard InChI is InChI=1S/C19H21Cl2NO3S/c1-12(13-7-8-17(24-2)18(9-13)25-3)22-19(23)11-26-10-14-15(20)5-4-6-16(14)21/h4-9,12H,10-11H2,1-3H3,(H,22,23)/t12-/m0/s1. The molecular weight excluding hydrogens is 393 g/mol. The lowest BCUT2D eigenvalue weighted by molar-refractivity contribution is -0.119. The molecule has 0 unspecified atom stereocenters. The molecule has 1 N–H and O–H groups in total. The molecule has 0 saturated carbocycles. The molecule has 26 heavy (non-hydrogen) atoms. The molecule has 2 rings (SSSR count). The molecule has 2 aromatic rings. The first-order valence-corrected chi connectivity index (χ1v) is 9.89. The molecule has 1 atom stereocenters. The molecule has 0 fully saturated rings. The third-order valence-electron chi connectivity index (χ3n) is 3.83. The van der Waals surface area contributed by atoms with E-state index in [4.69, 9.17) is 32.7 Å². The van der Waals surface area contributed by atoms with Gasteiger partial charge in [-0.05, 0) is 42.3 Å². The van der Waals surface area contributed by atoms with Crippen LogP contribution in [0.3, 0.4) is 0 Å². The Morgan fingerprint density at radius 3 is 2.38 bits per heavy atom. The van der Waals surface area contributed by atoms with E-state index in [1.54, 1.807) is 32.4 Å². The van der Waals surface area contributed by atoms with E-state index >= 15 is 0 Å². The summed E-state index contributed by atoms with van der Waals surface area (Å²) in [4.78, 5) is 12.2.